The third-order valence-electron chi connectivity index (χ3n) is 4.36. The highest BCUT2D eigenvalue weighted by atomic mass is 16.6. The molecule has 0 spiro atoms. The van der Waals surface area contributed by atoms with Gasteiger partial charge in [0.05, 0.1) is 11.4 Å². The van der Waals surface area contributed by atoms with Gasteiger partial charge in [0.2, 0.25) is 0 Å². The second-order valence-electron chi connectivity index (χ2n) is 7.70. The van der Waals surface area contributed by atoms with Crippen molar-refractivity contribution < 1.29 is 9.53 Å². The largest absolute Gasteiger partial charge is 0.444 e. The second-order valence-corrected chi connectivity index (χ2v) is 7.70. The van der Waals surface area contributed by atoms with Crippen molar-refractivity contribution in [2.75, 3.05) is 16.4 Å². The predicted molar refractivity (Wildman–Crippen MR) is 107 cm³/mol. The van der Waals surface area contributed by atoms with Crippen LogP contribution in [0.1, 0.15) is 44.7 Å². The fraction of sp³-hybridized carbons (Fsp3) is 0.381. The molecular formula is C21H27N3O2. The highest BCUT2D eigenvalue weighted by Crippen LogP contribution is 2.33. The number of carbonyl (C=O) groups is 1. The van der Waals surface area contributed by atoms with Crippen molar-refractivity contribution in [1.82, 2.24) is 0 Å². The molecule has 0 atom stereocenters. The van der Waals surface area contributed by atoms with Gasteiger partial charge in [0, 0.05) is 11.4 Å². The van der Waals surface area contributed by atoms with E-state index in [1.807, 2.05) is 51.1 Å². The van der Waals surface area contributed by atoms with Gasteiger partial charge in [-0.1, -0.05) is 12.1 Å². The maximum absolute atomic E-state index is 11.9. The van der Waals surface area contributed by atoms with E-state index < -0.39 is 11.7 Å². The summed E-state index contributed by atoms with van der Waals surface area (Å²) in [5, 5.41) is 6.12. The Morgan fingerprint density at radius 2 is 1.81 bits per heavy atom. The summed E-state index contributed by atoms with van der Waals surface area (Å²) in [5.41, 5.74) is 11.7. The Kier molecular flexibility index (Phi) is 5.07. The number of hydrogen-bond donors (Lipinski definition) is 3. The summed E-state index contributed by atoms with van der Waals surface area (Å²) in [6.07, 6.45) is 4.10. The first-order valence-corrected chi connectivity index (χ1v) is 9.09. The van der Waals surface area contributed by atoms with Crippen LogP contribution in [0, 0.1) is 0 Å². The number of nitrogens with two attached hydrogens (primary N) is 1. The highest BCUT2D eigenvalue weighted by Gasteiger charge is 2.17. The van der Waals surface area contributed by atoms with Crippen LogP contribution in [0.3, 0.4) is 0 Å². The quantitative estimate of drug-likeness (QED) is 0.660. The lowest BCUT2D eigenvalue weighted by atomic mass is 9.90. The lowest BCUT2D eigenvalue weighted by Crippen LogP contribution is -2.27. The van der Waals surface area contributed by atoms with Crippen LogP contribution in [-0.4, -0.2) is 11.7 Å². The standard InChI is InChI=1S/C21H27N3O2/c1-21(2,3)26-20(25)24-16-9-6-8-15(13-16)23-18-12-11-14-7-4-5-10-17(14)19(18)22/h6,8-9,11-13,23H,4-5,7,10,22H2,1-3H3,(H,24,25). The highest BCUT2D eigenvalue weighted by molar-refractivity contribution is 5.86. The van der Waals surface area contributed by atoms with Gasteiger partial charge in [-0.3, -0.25) is 5.32 Å². The van der Waals surface area contributed by atoms with Gasteiger partial charge in [-0.25, -0.2) is 4.79 Å². The lowest BCUT2D eigenvalue weighted by Gasteiger charge is -2.21. The Bertz CT molecular complexity index is 809. The van der Waals surface area contributed by atoms with Crippen molar-refractivity contribution >= 4 is 28.8 Å². The Labute approximate surface area is 154 Å². The molecule has 0 saturated heterocycles. The van der Waals surface area contributed by atoms with E-state index in [1.165, 1.54) is 24.0 Å². The molecule has 0 unspecified atom stereocenters. The Hall–Kier alpha value is -2.69. The first-order valence-electron chi connectivity index (χ1n) is 9.09. The van der Waals surface area contributed by atoms with E-state index in [2.05, 4.69) is 16.7 Å². The van der Waals surface area contributed by atoms with Gasteiger partial charge >= 0.3 is 6.09 Å². The van der Waals surface area contributed by atoms with E-state index in [0.29, 0.717) is 5.69 Å². The van der Waals surface area contributed by atoms with E-state index in [9.17, 15) is 4.79 Å². The summed E-state index contributed by atoms with van der Waals surface area (Å²) in [6.45, 7) is 5.51. The monoisotopic (exact) mass is 353 g/mol. The summed E-state index contributed by atoms with van der Waals surface area (Å²) in [4.78, 5) is 11.9. The van der Waals surface area contributed by atoms with Crippen LogP contribution < -0.4 is 16.4 Å². The lowest BCUT2D eigenvalue weighted by molar-refractivity contribution is 0.0636. The smallest absolute Gasteiger partial charge is 0.412 e. The van der Waals surface area contributed by atoms with Crippen molar-refractivity contribution in [3.05, 3.63) is 47.5 Å². The molecule has 0 saturated carbocycles. The molecule has 5 nitrogen and oxygen atoms in total. The number of carbonyl (C=O) groups excluding carboxylic acids is 1. The molecule has 1 aliphatic rings. The number of fused-ring (bicyclic) bond motifs is 1. The number of rotatable bonds is 3. The van der Waals surface area contributed by atoms with E-state index in [1.54, 1.807) is 0 Å². The fourth-order valence-electron chi connectivity index (χ4n) is 3.22. The molecule has 0 aromatic heterocycles. The van der Waals surface area contributed by atoms with Crippen molar-refractivity contribution in [1.29, 1.82) is 0 Å². The number of nitrogens with one attached hydrogen (secondary N) is 2. The van der Waals surface area contributed by atoms with Crippen LogP contribution in [0.2, 0.25) is 0 Å². The maximum Gasteiger partial charge on any atom is 0.412 e. The second kappa shape index (κ2) is 7.28. The zero-order chi connectivity index (χ0) is 18.7. The average molecular weight is 353 g/mol. The van der Waals surface area contributed by atoms with Gasteiger partial charge in [-0.05, 0) is 81.8 Å². The third kappa shape index (κ3) is 4.48. The average Bonchev–Trinajstić information content (AvgIpc) is 2.56. The van der Waals surface area contributed by atoms with Crippen molar-refractivity contribution in [3.63, 3.8) is 0 Å². The number of aryl methyl sites for hydroxylation is 1. The van der Waals surface area contributed by atoms with E-state index >= 15 is 0 Å². The summed E-state index contributed by atoms with van der Waals surface area (Å²) < 4.78 is 5.29. The summed E-state index contributed by atoms with van der Waals surface area (Å²) >= 11 is 0. The van der Waals surface area contributed by atoms with E-state index in [0.717, 1.165) is 29.9 Å². The summed E-state index contributed by atoms with van der Waals surface area (Å²) in [7, 11) is 0. The van der Waals surface area contributed by atoms with Crippen LogP contribution in [-0.2, 0) is 17.6 Å². The first-order chi connectivity index (χ1) is 12.3. The van der Waals surface area contributed by atoms with Gasteiger partial charge < -0.3 is 15.8 Å². The number of nitrogen functional groups attached to an aromatic ring is 1. The number of hydrogen-bond acceptors (Lipinski definition) is 4. The molecule has 5 heteroatoms. The maximum atomic E-state index is 11.9. The molecule has 0 heterocycles. The fourth-order valence-corrected chi connectivity index (χ4v) is 3.22. The SMILES string of the molecule is CC(C)(C)OC(=O)Nc1cccc(Nc2ccc3c(c2N)CCCC3)c1. The van der Waals surface area contributed by atoms with Crippen molar-refractivity contribution in [2.24, 2.45) is 0 Å². The van der Waals surface area contributed by atoms with Crippen LogP contribution >= 0.6 is 0 Å². The van der Waals surface area contributed by atoms with Gasteiger partial charge in [0.15, 0.2) is 0 Å². The molecular weight excluding hydrogens is 326 g/mol. The minimum Gasteiger partial charge on any atom is -0.444 e. The summed E-state index contributed by atoms with van der Waals surface area (Å²) in [6, 6.07) is 11.7. The molecule has 0 bridgehead atoms. The molecule has 138 valence electrons. The Balaban J connectivity index is 1.74. The van der Waals surface area contributed by atoms with Crippen molar-refractivity contribution in [2.45, 2.75) is 52.1 Å². The molecule has 2 aromatic carbocycles. The minimum atomic E-state index is -0.530. The Morgan fingerprint density at radius 3 is 2.58 bits per heavy atom. The number of anilines is 4. The van der Waals surface area contributed by atoms with Gasteiger partial charge in [-0.15, -0.1) is 0 Å². The van der Waals surface area contributed by atoms with Crippen molar-refractivity contribution in [3.8, 4) is 0 Å². The van der Waals surface area contributed by atoms with E-state index in [-0.39, 0.29) is 0 Å². The predicted octanol–water partition coefficient (Wildman–Crippen LogP) is 5.24. The molecule has 26 heavy (non-hydrogen) atoms. The molecule has 1 aliphatic carbocycles. The molecule has 4 N–H and O–H groups in total. The number of ether oxygens (including phenoxy) is 1. The first kappa shape index (κ1) is 18.1. The van der Waals surface area contributed by atoms with Crippen LogP contribution in [0.15, 0.2) is 36.4 Å². The van der Waals surface area contributed by atoms with Crippen LogP contribution in [0.25, 0.3) is 0 Å². The number of benzene rings is 2. The van der Waals surface area contributed by atoms with Gasteiger partial charge in [-0.2, -0.15) is 0 Å². The molecule has 0 radical (unpaired) electrons. The molecule has 0 fully saturated rings. The topological polar surface area (TPSA) is 76.4 Å². The molecule has 2 aromatic rings. The van der Waals surface area contributed by atoms with Crippen LogP contribution in [0.5, 0.6) is 0 Å². The van der Waals surface area contributed by atoms with Crippen LogP contribution in [0.4, 0.5) is 27.5 Å². The molecule has 0 aliphatic heterocycles. The summed E-state index contributed by atoms with van der Waals surface area (Å²) in [5.74, 6) is 0. The van der Waals surface area contributed by atoms with Gasteiger partial charge in [0.25, 0.3) is 0 Å². The Morgan fingerprint density at radius 1 is 1.08 bits per heavy atom. The zero-order valence-corrected chi connectivity index (χ0v) is 15.7. The van der Waals surface area contributed by atoms with Gasteiger partial charge in [0.1, 0.15) is 5.60 Å². The normalized spacial score (nSPS) is 13.7. The third-order valence-corrected chi connectivity index (χ3v) is 4.36. The minimum absolute atomic E-state index is 0.469. The molecule has 1 amide bonds. The van der Waals surface area contributed by atoms with E-state index in [4.69, 9.17) is 10.5 Å². The molecule has 3 rings (SSSR count). The zero-order valence-electron chi connectivity index (χ0n) is 15.7. The number of amides is 1.